The molecular formula is C22H36N4O3. The molecule has 1 aliphatic carbocycles. The number of aliphatic imine (C=N–C) groups is 1. The minimum absolute atomic E-state index is 0.617. The van der Waals surface area contributed by atoms with E-state index in [9.17, 15) is 0 Å². The molecule has 1 aromatic carbocycles. The van der Waals surface area contributed by atoms with Crippen LogP contribution in [0.2, 0.25) is 0 Å². The third-order valence-corrected chi connectivity index (χ3v) is 5.91. The highest BCUT2D eigenvalue weighted by atomic mass is 16.5. The van der Waals surface area contributed by atoms with Crippen LogP contribution in [-0.4, -0.2) is 76.4 Å². The van der Waals surface area contributed by atoms with Crippen LogP contribution in [0.4, 0.5) is 0 Å². The van der Waals surface area contributed by atoms with Crippen LogP contribution in [-0.2, 0) is 6.54 Å². The zero-order chi connectivity index (χ0) is 20.8. The molecule has 1 heterocycles. The summed E-state index contributed by atoms with van der Waals surface area (Å²) in [5.41, 5.74) is 1.16. The second-order valence-corrected chi connectivity index (χ2v) is 7.88. The molecule has 0 radical (unpaired) electrons. The number of hydrogen-bond acceptors (Lipinski definition) is 5. The molecule has 162 valence electrons. The molecule has 2 aliphatic rings. The molecule has 2 fully saturated rings. The number of methoxy groups -OCH3 is 3. The standard InChI is InChI=1S/C22H36N4O3/c1-6-7-17-14-18(17)24-22(23-2)26-10-8-25(9-11-26)15-16-12-19(27-3)21(29-5)20(13-16)28-4/h12-13,17-18H,6-11,14-15H2,1-5H3,(H,23,24). The normalized spacial score (nSPS) is 22.4. The number of benzene rings is 1. The fourth-order valence-electron chi connectivity index (χ4n) is 4.18. The fraction of sp³-hybridized carbons (Fsp3) is 0.682. The van der Waals surface area contributed by atoms with Gasteiger partial charge in [0.05, 0.1) is 21.3 Å². The van der Waals surface area contributed by atoms with Crippen molar-refractivity contribution in [1.82, 2.24) is 15.1 Å². The molecule has 0 bridgehead atoms. The summed E-state index contributed by atoms with van der Waals surface area (Å²) in [7, 11) is 6.83. The SMILES string of the molecule is CCCC1CC1NC(=NC)N1CCN(Cc2cc(OC)c(OC)c(OC)c2)CC1. The lowest BCUT2D eigenvalue weighted by molar-refractivity contribution is 0.172. The Morgan fingerprint density at radius 3 is 2.24 bits per heavy atom. The van der Waals surface area contributed by atoms with Crippen LogP contribution >= 0.6 is 0 Å². The summed E-state index contributed by atoms with van der Waals surface area (Å²) in [6.45, 7) is 7.08. The topological polar surface area (TPSA) is 58.6 Å². The zero-order valence-corrected chi connectivity index (χ0v) is 18.5. The monoisotopic (exact) mass is 404 g/mol. The third-order valence-electron chi connectivity index (χ3n) is 5.91. The molecule has 1 saturated heterocycles. The van der Waals surface area contributed by atoms with Gasteiger partial charge in [-0.1, -0.05) is 13.3 Å². The molecule has 1 aromatic rings. The van der Waals surface area contributed by atoms with Gasteiger partial charge in [-0.15, -0.1) is 0 Å². The maximum atomic E-state index is 5.48. The maximum Gasteiger partial charge on any atom is 0.203 e. The highest BCUT2D eigenvalue weighted by molar-refractivity contribution is 5.80. The average Bonchev–Trinajstić information content (AvgIpc) is 3.49. The number of piperazine rings is 1. The van der Waals surface area contributed by atoms with Crippen LogP contribution in [0.1, 0.15) is 31.7 Å². The first-order chi connectivity index (χ1) is 14.1. The van der Waals surface area contributed by atoms with Gasteiger partial charge in [0.2, 0.25) is 5.75 Å². The first kappa shape index (κ1) is 21.6. The Hall–Kier alpha value is -2.15. The predicted octanol–water partition coefficient (Wildman–Crippen LogP) is 2.59. The van der Waals surface area contributed by atoms with Crippen LogP contribution in [0.3, 0.4) is 0 Å². The summed E-state index contributed by atoms with van der Waals surface area (Å²) in [5.74, 6) is 3.94. The Kier molecular flexibility index (Phi) is 7.47. The van der Waals surface area contributed by atoms with Gasteiger partial charge < -0.3 is 24.4 Å². The molecule has 1 saturated carbocycles. The Labute approximate surface area is 175 Å². The van der Waals surface area contributed by atoms with Crippen molar-refractivity contribution in [2.24, 2.45) is 10.9 Å². The van der Waals surface area contributed by atoms with E-state index in [1.165, 1.54) is 19.3 Å². The molecule has 7 heteroatoms. The van der Waals surface area contributed by atoms with Crippen molar-refractivity contribution in [3.8, 4) is 17.2 Å². The van der Waals surface area contributed by atoms with Gasteiger partial charge in [-0.2, -0.15) is 0 Å². The van der Waals surface area contributed by atoms with Crippen molar-refractivity contribution in [2.75, 3.05) is 54.6 Å². The lowest BCUT2D eigenvalue weighted by Gasteiger charge is -2.36. The zero-order valence-electron chi connectivity index (χ0n) is 18.5. The van der Waals surface area contributed by atoms with Gasteiger partial charge in [-0.25, -0.2) is 0 Å². The third kappa shape index (κ3) is 5.26. The first-order valence-corrected chi connectivity index (χ1v) is 10.6. The molecule has 3 rings (SSSR count). The number of nitrogens with one attached hydrogen (secondary N) is 1. The molecule has 2 unspecified atom stereocenters. The molecular weight excluding hydrogens is 368 g/mol. The van der Waals surface area contributed by atoms with Gasteiger partial charge in [0.15, 0.2) is 17.5 Å². The second-order valence-electron chi connectivity index (χ2n) is 7.88. The van der Waals surface area contributed by atoms with Gasteiger partial charge in [0.25, 0.3) is 0 Å². The second kappa shape index (κ2) is 10.1. The van der Waals surface area contributed by atoms with E-state index in [1.54, 1.807) is 21.3 Å². The number of rotatable bonds is 8. The van der Waals surface area contributed by atoms with Crippen LogP contribution < -0.4 is 19.5 Å². The van der Waals surface area contributed by atoms with E-state index in [0.29, 0.717) is 23.3 Å². The molecule has 7 nitrogen and oxygen atoms in total. The highest BCUT2D eigenvalue weighted by Crippen LogP contribution is 2.38. The highest BCUT2D eigenvalue weighted by Gasteiger charge is 2.37. The van der Waals surface area contributed by atoms with Crippen LogP contribution in [0, 0.1) is 5.92 Å². The number of guanidine groups is 1. The van der Waals surface area contributed by atoms with Crippen LogP contribution in [0.15, 0.2) is 17.1 Å². The van der Waals surface area contributed by atoms with Crippen LogP contribution in [0.5, 0.6) is 17.2 Å². The molecule has 1 aliphatic heterocycles. The predicted molar refractivity (Wildman–Crippen MR) is 116 cm³/mol. The summed E-state index contributed by atoms with van der Waals surface area (Å²) in [6, 6.07) is 4.69. The van der Waals surface area contributed by atoms with E-state index in [0.717, 1.165) is 50.2 Å². The van der Waals surface area contributed by atoms with E-state index >= 15 is 0 Å². The van der Waals surface area contributed by atoms with E-state index in [4.69, 9.17) is 14.2 Å². The van der Waals surface area contributed by atoms with Crippen molar-refractivity contribution in [3.05, 3.63) is 17.7 Å². The number of nitrogens with zero attached hydrogens (tertiary/aromatic N) is 3. The molecule has 0 aromatic heterocycles. The minimum Gasteiger partial charge on any atom is -0.493 e. The van der Waals surface area contributed by atoms with E-state index in [1.807, 2.05) is 19.2 Å². The van der Waals surface area contributed by atoms with Crippen molar-refractivity contribution in [3.63, 3.8) is 0 Å². The summed E-state index contributed by atoms with van der Waals surface area (Å²) >= 11 is 0. The maximum absolute atomic E-state index is 5.48. The molecule has 29 heavy (non-hydrogen) atoms. The average molecular weight is 405 g/mol. The van der Waals surface area contributed by atoms with Gasteiger partial charge in [-0.3, -0.25) is 9.89 Å². The van der Waals surface area contributed by atoms with Crippen molar-refractivity contribution in [2.45, 2.75) is 38.8 Å². The fourth-order valence-corrected chi connectivity index (χ4v) is 4.18. The lowest BCUT2D eigenvalue weighted by Crippen LogP contribution is -2.52. The van der Waals surface area contributed by atoms with Gasteiger partial charge in [0, 0.05) is 45.8 Å². The van der Waals surface area contributed by atoms with Crippen molar-refractivity contribution in [1.29, 1.82) is 0 Å². The van der Waals surface area contributed by atoms with E-state index in [-0.39, 0.29) is 0 Å². The molecule has 1 N–H and O–H groups in total. The largest absolute Gasteiger partial charge is 0.493 e. The van der Waals surface area contributed by atoms with E-state index in [2.05, 4.69) is 27.0 Å². The Morgan fingerprint density at radius 2 is 1.72 bits per heavy atom. The number of ether oxygens (including phenoxy) is 3. The summed E-state index contributed by atoms with van der Waals surface area (Å²) < 4.78 is 16.4. The molecule has 0 spiro atoms. The Morgan fingerprint density at radius 1 is 1.07 bits per heavy atom. The van der Waals surface area contributed by atoms with Gasteiger partial charge >= 0.3 is 0 Å². The van der Waals surface area contributed by atoms with Crippen molar-refractivity contribution < 1.29 is 14.2 Å². The Balaban J connectivity index is 1.54. The smallest absolute Gasteiger partial charge is 0.203 e. The molecule has 2 atom stereocenters. The number of hydrogen-bond donors (Lipinski definition) is 1. The van der Waals surface area contributed by atoms with Crippen LogP contribution in [0.25, 0.3) is 0 Å². The Bertz CT molecular complexity index is 676. The quantitative estimate of drug-likeness (QED) is 0.531. The minimum atomic E-state index is 0.617. The summed E-state index contributed by atoms with van der Waals surface area (Å²) in [5, 5.41) is 3.66. The molecule has 0 amide bonds. The summed E-state index contributed by atoms with van der Waals surface area (Å²) in [4.78, 5) is 9.37. The van der Waals surface area contributed by atoms with Crippen molar-refractivity contribution >= 4 is 5.96 Å². The van der Waals surface area contributed by atoms with Gasteiger partial charge in [-0.05, 0) is 36.5 Å². The van der Waals surface area contributed by atoms with E-state index < -0.39 is 0 Å². The summed E-state index contributed by atoms with van der Waals surface area (Å²) in [6.07, 6.45) is 3.87. The van der Waals surface area contributed by atoms with Gasteiger partial charge in [0.1, 0.15) is 0 Å². The lowest BCUT2D eigenvalue weighted by atomic mass is 10.1. The first-order valence-electron chi connectivity index (χ1n) is 10.6.